The van der Waals surface area contributed by atoms with Crippen molar-refractivity contribution in [2.75, 3.05) is 6.54 Å². The van der Waals surface area contributed by atoms with E-state index in [1.54, 1.807) is 11.8 Å². The Balaban J connectivity index is 1.68. The van der Waals surface area contributed by atoms with Crippen LogP contribution in [0.15, 0.2) is 39.8 Å². The van der Waals surface area contributed by atoms with E-state index in [1.165, 1.54) is 11.3 Å². The van der Waals surface area contributed by atoms with Crippen molar-refractivity contribution >= 4 is 11.8 Å². The average molecular weight is 289 g/mol. The summed E-state index contributed by atoms with van der Waals surface area (Å²) in [4.78, 5) is 5.81. The molecular formula is C15H19N3OS. The third-order valence-electron chi connectivity index (χ3n) is 3.84. The second-order valence-electron chi connectivity index (χ2n) is 5.08. The van der Waals surface area contributed by atoms with Gasteiger partial charge < -0.3 is 9.84 Å². The van der Waals surface area contributed by atoms with Gasteiger partial charge >= 0.3 is 0 Å². The highest BCUT2D eigenvalue weighted by molar-refractivity contribution is 7.98. The second-order valence-corrected chi connectivity index (χ2v) is 6.13. The summed E-state index contributed by atoms with van der Waals surface area (Å²) in [5, 5.41) is 7.64. The van der Waals surface area contributed by atoms with E-state index in [-0.39, 0.29) is 5.54 Å². The van der Waals surface area contributed by atoms with Crippen LogP contribution in [0.1, 0.15) is 37.9 Å². The molecule has 20 heavy (non-hydrogen) atoms. The summed E-state index contributed by atoms with van der Waals surface area (Å²) in [6.07, 6.45) is 3.24. The molecule has 0 spiro atoms. The molecule has 1 aliphatic rings. The maximum Gasteiger partial charge on any atom is 0.246 e. The van der Waals surface area contributed by atoms with Crippen LogP contribution < -0.4 is 5.32 Å². The molecule has 2 heterocycles. The van der Waals surface area contributed by atoms with Gasteiger partial charge in [0.15, 0.2) is 5.82 Å². The molecule has 0 aliphatic carbocycles. The van der Waals surface area contributed by atoms with Crippen LogP contribution in [-0.2, 0) is 11.3 Å². The molecule has 0 amide bonds. The fraction of sp³-hybridized carbons (Fsp3) is 0.467. The number of nitrogens with zero attached hydrogens (tertiary/aromatic N) is 2. The first kappa shape index (κ1) is 13.6. The van der Waals surface area contributed by atoms with Gasteiger partial charge in [0.1, 0.15) is 0 Å². The molecule has 2 aromatic rings. The maximum absolute atomic E-state index is 5.49. The Morgan fingerprint density at radius 1 is 1.35 bits per heavy atom. The quantitative estimate of drug-likeness (QED) is 0.855. The van der Waals surface area contributed by atoms with Crippen LogP contribution in [0.4, 0.5) is 0 Å². The number of hydrogen-bond acceptors (Lipinski definition) is 5. The second kappa shape index (κ2) is 5.97. The van der Waals surface area contributed by atoms with E-state index in [9.17, 15) is 0 Å². The van der Waals surface area contributed by atoms with E-state index >= 15 is 0 Å². The average Bonchev–Trinajstić information content (AvgIpc) is 3.16. The van der Waals surface area contributed by atoms with Gasteiger partial charge in [0.05, 0.1) is 11.3 Å². The smallest absolute Gasteiger partial charge is 0.246 e. The van der Waals surface area contributed by atoms with Gasteiger partial charge in [0, 0.05) is 4.90 Å². The van der Waals surface area contributed by atoms with Gasteiger partial charge in [-0.3, -0.25) is 0 Å². The molecule has 1 N–H and O–H groups in total. The Kier molecular flexibility index (Phi) is 4.08. The van der Waals surface area contributed by atoms with E-state index in [2.05, 4.69) is 34.5 Å². The molecule has 0 radical (unpaired) electrons. The summed E-state index contributed by atoms with van der Waals surface area (Å²) in [6, 6.07) is 10.3. The number of nitrogens with one attached hydrogen (secondary N) is 1. The molecule has 106 valence electrons. The fourth-order valence-corrected chi connectivity index (χ4v) is 3.38. The number of benzene rings is 1. The molecule has 0 bridgehead atoms. The minimum atomic E-state index is -0.0946. The van der Waals surface area contributed by atoms with Crippen molar-refractivity contribution < 1.29 is 4.52 Å². The van der Waals surface area contributed by atoms with Gasteiger partial charge in [0.25, 0.3) is 0 Å². The van der Waals surface area contributed by atoms with Gasteiger partial charge in [-0.05, 0) is 37.9 Å². The zero-order valence-electron chi connectivity index (χ0n) is 11.6. The van der Waals surface area contributed by atoms with Crippen LogP contribution in [-0.4, -0.2) is 16.7 Å². The summed E-state index contributed by atoms with van der Waals surface area (Å²) >= 11 is 1.73. The van der Waals surface area contributed by atoms with Gasteiger partial charge in [-0.25, -0.2) is 0 Å². The largest absolute Gasteiger partial charge is 0.337 e. The van der Waals surface area contributed by atoms with Gasteiger partial charge in [-0.15, -0.1) is 11.8 Å². The van der Waals surface area contributed by atoms with Gasteiger partial charge in [-0.1, -0.05) is 30.3 Å². The highest BCUT2D eigenvalue weighted by Gasteiger charge is 2.38. The Bertz CT molecular complexity index is 549. The molecule has 1 aliphatic heterocycles. The number of rotatable bonds is 5. The lowest BCUT2D eigenvalue weighted by Gasteiger charge is -2.22. The Morgan fingerprint density at radius 2 is 2.20 bits per heavy atom. The topological polar surface area (TPSA) is 51.0 Å². The summed E-state index contributed by atoms with van der Waals surface area (Å²) in [6.45, 7) is 3.20. The highest BCUT2D eigenvalue weighted by Crippen LogP contribution is 2.33. The lowest BCUT2D eigenvalue weighted by Crippen LogP contribution is -2.36. The van der Waals surface area contributed by atoms with E-state index in [0.717, 1.165) is 36.9 Å². The summed E-state index contributed by atoms with van der Waals surface area (Å²) in [5.74, 6) is 2.27. The highest BCUT2D eigenvalue weighted by atomic mass is 32.2. The predicted molar refractivity (Wildman–Crippen MR) is 79.5 cm³/mol. The minimum absolute atomic E-state index is 0.0946. The van der Waals surface area contributed by atoms with E-state index < -0.39 is 0 Å². The van der Waals surface area contributed by atoms with E-state index in [4.69, 9.17) is 4.52 Å². The van der Waals surface area contributed by atoms with Crippen LogP contribution in [0, 0.1) is 0 Å². The first-order valence-electron chi connectivity index (χ1n) is 7.08. The molecule has 3 rings (SSSR count). The zero-order valence-corrected chi connectivity index (χ0v) is 12.4. The molecule has 0 saturated carbocycles. The van der Waals surface area contributed by atoms with E-state index in [0.29, 0.717) is 0 Å². The monoisotopic (exact) mass is 289 g/mol. The van der Waals surface area contributed by atoms with Crippen LogP contribution in [0.5, 0.6) is 0 Å². The lowest BCUT2D eigenvalue weighted by atomic mass is 9.94. The number of hydrogen-bond donors (Lipinski definition) is 1. The van der Waals surface area contributed by atoms with Crippen molar-refractivity contribution in [3.63, 3.8) is 0 Å². The van der Waals surface area contributed by atoms with Crippen molar-refractivity contribution in [2.45, 2.75) is 42.4 Å². The Morgan fingerprint density at radius 3 is 2.90 bits per heavy atom. The zero-order chi connectivity index (χ0) is 13.8. The summed E-state index contributed by atoms with van der Waals surface area (Å²) in [7, 11) is 0. The first-order valence-corrected chi connectivity index (χ1v) is 8.07. The normalized spacial score (nSPS) is 22.2. The predicted octanol–water partition coefficient (Wildman–Crippen LogP) is 3.35. The standard InChI is InChI=1S/C15H19N3OS/c1-2-15(9-6-10-16-15)14-17-13(18-19-14)11-20-12-7-4-3-5-8-12/h3-5,7-8,16H,2,6,9-11H2,1H3. The van der Waals surface area contributed by atoms with Crippen molar-refractivity contribution in [3.05, 3.63) is 42.0 Å². The fourth-order valence-electron chi connectivity index (χ4n) is 2.61. The molecule has 1 fully saturated rings. The number of thioether (sulfide) groups is 1. The SMILES string of the molecule is CCC1(c2nc(CSc3ccccc3)no2)CCCN1. The summed E-state index contributed by atoms with van der Waals surface area (Å²) < 4.78 is 5.49. The van der Waals surface area contributed by atoms with Gasteiger partial charge in [-0.2, -0.15) is 4.98 Å². The van der Waals surface area contributed by atoms with Gasteiger partial charge in [0.2, 0.25) is 5.89 Å². The van der Waals surface area contributed by atoms with Crippen molar-refractivity contribution in [3.8, 4) is 0 Å². The van der Waals surface area contributed by atoms with Crippen LogP contribution in [0.2, 0.25) is 0 Å². The van der Waals surface area contributed by atoms with Crippen LogP contribution >= 0.6 is 11.8 Å². The third-order valence-corrected chi connectivity index (χ3v) is 4.84. The Labute approximate surface area is 123 Å². The lowest BCUT2D eigenvalue weighted by molar-refractivity contribution is 0.249. The number of aromatic nitrogens is 2. The maximum atomic E-state index is 5.49. The van der Waals surface area contributed by atoms with E-state index in [1.807, 2.05) is 18.2 Å². The molecule has 1 atom stereocenters. The van der Waals surface area contributed by atoms with Crippen molar-refractivity contribution in [1.82, 2.24) is 15.5 Å². The summed E-state index contributed by atoms with van der Waals surface area (Å²) in [5.41, 5.74) is -0.0946. The van der Waals surface area contributed by atoms with Crippen LogP contribution in [0.25, 0.3) is 0 Å². The van der Waals surface area contributed by atoms with Crippen molar-refractivity contribution in [2.24, 2.45) is 0 Å². The molecule has 5 heteroatoms. The Hall–Kier alpha value is -1.33. The molecule has 1 aromatic carbocycles. The molecule has 1 saturated heterocycles. The molecular weight excluding hydrogens is 270 g/mol. The molecule has 4 nitrogen and oxygen atoms in total. The van der Waals surface area contributed by atoms with Crippen molar-refractivity contribution in [1.29, 1.82) is 0 Å². The minimum Gasteiger partial charge on any atom is -0.337 e. The third kappa shape index (κ3) is 2.74. The van der Waals surface area contributed by atoms with Crippen LogP contribution in [0.3, 0.4) is 0 Å². The first-order chi connectivity index (χ1) is 9.82. The molecule has 1 aromatic heterocycles. The molecule has 1 unspecified atom stereocenters.